The number of hydrogen-bond acceptors (Lipinski definition) is 2. The van der Waals surface area contributed by atoms with Crippen molar-refractivity contribution in [3.8, 4) is 0 Å². The first-order chi connectivity index (χ1) is 9.85. The molecule has 2 atom stereocenters. The molecular formula is C18H27NO2. The molecule has 1 fully saturated rings. The Bertz CT molecular complexity index is 464. The van der Waals surface area contributed by atoms with Crippen LogP contribution in [0.3, 0.4) is 0 Å². The van der Waals surface area contributed by atoms with Gasteiger partial charge in [0.15, 0.2) is 0 Å². The first-order valence-electron chi connectivity index (χ1n) is 7.88. The molecule has 0 saturated carbocycles. The average Bonchev–Trinajstić information content (AvgIpc) is 2.37. The molecule has 116 valence electrons. The molecule has 0 aromatic heterocycles. The summed E-state index contributed by atoms with van der Waals surface area (Å²) >= 11 is 0. The van der Waals surface area contributed by atoms with E-state index in [1.165, 1.54) is 5.56 Å². The van der Waals surface area contributed by atoms with Crippen LogP contribution in [-0.4, -0.2) is 29.2 Å². The maximum atomic E-state index is 12.2. The van der Waals surface area contributed by atoms with Crippen molar-refractivity contribution in [2.45, 2.75) is 58.6 Å². The number of hydrogen-bond donors (Lipinski definition) is 0. The lowest BCUT2D eigenvalue weighted by molar-refractivity contribution is 0.00719. The lowest BCUT2D eigenvalue weighted by atomic mass is 9.87. The van der Waals surface area contributed by atoms with Crippen LogP contribution in [-0.2, 0) is 11.2 Å². The lowest BCUT2D eigenvalue weighted by Gasteiger charge is -2.38. The minimum Gasteiger partial charge on any atom is -0.444 e. The molecule has 0 radical (unpaired) electrons. The normalized spacial score (nSPS) is 23.0. The smallest absolute Gasteiger partial charge is 0.410 e. The predicted molar refractivity (Wildman–Crippen MR) is 85.3 cm³/mol. The Kier molecular flexibility index (Phi) is 4.92. The van der Waals surface area contributed by atoms with Crippen LogP contribution in [0.5, 0.6) is 0 Å². The molecule has 1 aromatic carbocycles. The maximum Gasteiger partial charge on any atom is 0.410 e. The second-order valence-electron chi connectivity index (χ2n) is 7.10. The van der Waals surface area contributed by atoms with Gasteiger partial charge in [0, 0.05) is 12.6 Å². The third-order valence-electron chi connectivity index (χ3n) is 3.98. The number of likely N-dealkylation sites (tertiary alicyclic amines) is 1. The van der Waals surface area contributed by atoms with Crippen molar-refractivity contribution in [2.75, 3.05) is 6.54 Å². The summed E-state index contributed by atoms with van der Waals surface area (Å²) in [6, 6.07) is 10.9. The zero-order chi connectivity index (χ0) is 15.5. The molecule has 2 rings (SSSR count). The van der Waals surface area contributed by atoms with Gasteiger partial charge in [0.1, 0.15) is 5.60 Å². The van der Waals surface area contributed by atoms with E-state index in [-0.39, 0.29) is 12.1 Å². The van der Waals surface area contributed by atoms with Crippen molar-refractivity contribution in [3.63, 3.8) is 0 Å². The summed E-state index contributed by atoms with van der Waals surface area (Å²) in [6.07, 6.45) is 3.04. The van der Waals surface area contributed by atoms with E-state index in [2.05, 4.69) is 37.3 Å². The van der Waals surface area contributed by atoms with Crippen molar-refractivity contribution in [1.82, 2.24) is 4.90 Å². The second kappa shape index (κ2) is 6.50. The molecule has 0 bridgehead atoms. The molecule has 1 aromatic rings. The van der Waals surface area contributed by atoms with Crippen molar-refractivity contribution in [3.05, 3.63) is 35.9 Å². The molecular weight excluding hydrogens is 262 g/mol. The van der Waals surface area contributed by atoms with E-state index in [1.807, 2.05) is 25.7 Å². The molecule has 0 spiro atoms. The summed E-state index contributed by atoms with van der Waals surface area (Å²) < 4.78 is 5.49. The lowest BCUT2D eigenvalue weighted by Crippen LogP contribution is -2.47. The fourth-order valence-electron chi connectivity index (χ4n) is 2.99. The Morgan fingerprint density at radius 3 is 2.52 bits per heavy atom. The fraction of sp³-hybridized carbons (Fsp3) is 0.611. The molecule has 1 heterocycles. The first kappa shape index (κ1) is 15.9. The third-order valence-corrected chi connectivity index (χ3v) is 3.98. The zero-order valence-electron chi connectivity index (χ0n) is 13.6. The molecule has 3 heteroatoms. The van der Waals surface area contributed by atoms with Gasteiger partial charge < -0.3 is 9.64 Å². The van der Waals surface area contributed by atoms with Gasteiger partial charge in [0.05, 0.1) is 0 Å². The monoisotopic (exact) mass is 289 g/mol. The molecule has 1 amide bonds. The number of ether oxygens (including phenoxy) is 1. The zero-order valence-corrected chi connectivity index (χ0v) is 13.6. The second-order valence-corrected chi connectivity index (χ2v) is 7.10. The summed E-state index contributed by atoms with van der Waals surface area (Å²) in [4.78, 5) is 14.1. The number of nitrogens with zero attached hydrogens (tertiary/aromatic N) is 1. The SMILES string of the molecule is C[C@H]1C[C@@H](Cc2ccccc2)CCN1C(=O)OC(C)(C)C. The maximum absolute atomic E-state index is 12.2. The average molecular weight is 289 g/mol. The van der Waals surface area contributed by atoms with E-state index in [1.54, 1.807) is 0 Å². The summed E-state index contributed by atoms with van der Waals surface area (Å²) in [5.74, 6) is 0.654. The number of carbonyl (C=O) groups excluding carboxylic acids is 1. The standard InChI is InChI=1S/C18H27NO2/c1-14-12-16(13-15-8-6-5-7-9-15)10-11-19(14)17(20)21-18(2,3)4/h5-9,14,16H,10-13H2,1-4H3/t14-,16-/m0/s1. The van der Waals surface area contributed by atoms with Gasteiger partial charge in [0.2, 0.25) is 0 Å². The Hall–Kier alpha value is -1.51. The van der Waals surface area contributed by atoms with Gasteiger partial charge in [-0.05, 0) is 58.4 Å². The number of rotatable bonds is 2. The highest BCUT2D eigenvalue weighted by Gasteiger charge is 2.31. The van der Waals surface area contributed by atoms with Crippen LogP contribution in [0.4, 0.5) is 4.79 Å². The van der Waals surface area contributed by atoms with E-state index < -0.39 is 5.60 Å². The topological polar surface area (TPSA) is 29.5 Å². The minimum atomic E-state index is -0.419. The van der Waals surface area contributed by atoms with Crippen molar-refractivity contribution in [2.24, 2.45) is 5.92 Å². The highest BCUT2D eigenvalue weighted by molar-refractivity contribution is 5.68. The summed E-state index contributed by atoms with van der Waals surface area (Å²) in [6.45, 7) is 8.67. The van der Waals surface area contributed by atoms with Gasteiger partial charge in [-0.3, -0.25) is 0 Å². The number of amides is 1. The fourth-order valence-corrected chi connectivity index (χ4v) is 2.99. The van der Waals surface area contributed by atoms with Gasteiger partial charge in [-0.25, -0.2) is 4.79 Å². The number of carbonyl (C=O) groups is 1. The molecule has 1 aliphatic heterocycles. The van der Waals surface area contributed by atoms with Crippen molar-refractivity contribution in [1.29, 1.82) is 0 Å². The molecule has 0 N–H and O–H groups in total. The Labute approximate surface area is 128 Å². The Morgan fingerprint density at radius 1 is 1.29 bits per heavy atom. The van der Waals surface area contributed by atoms with Gasteiger partial charge in [-0.2, -0.15) is 0 Å². The number of piperidine rings is 1. The third kappa shape index (κ3) is 4.76. The molecule has 0 aliphatic carbocycles. The first-order valence-corrected chi connectivity index (χ1v) is 7.88. The van der Waals surface area contributed by atoms with Gasteiger partial charge >= 0.3 is 6.09 Å². The van der Waals surface area contributed by atoms with E-state index in [9.17, 15) is 4.79 Å². The summed E-state index contributed by atoms with van der Waals surface area (Å²) in [5, 5.41) is 0. The predicted octanol–water partition coefficient (Wildman–Crippen LogP) is 4.26. The molecule has 3 nitrogen and oxygen atoms in total. The van der Waals surface area contributed by atoms with Crippen LogP contribution >= 0.6 is 0 Å². The van der Waals surface area contributed by atoms with E-state index >= 15 is 0 Å². The summed E-state index contributed by atoms with van der Waals surface area (Å²) in [5.41, 5.74) is 0.970. The highest BCUT2D eigenvalue weighted by Crippen LogP contribution is 2.27. The quantitative estimate of drug-likeness (QED) is 0.814. The van der Waals surface area contributed by atoms with Crippen molar-refractivity contribution < 1.29 is 9.53 Å². The van der Waals surface area contributed by atoms with Gasteiger partial charge in [-0.15, -0.1) is 0 Å². The molecule has 0 unspecified atom stereocenters. The van der Waals surface area contributed by atoms with Gasteiger partial charge in [0.25, 0.3) is 0 Å². The summed E-state index contributed by atoms with van der Waals surface area (Å²) in [7, 11) is 0. The molecule has 21 heavy (non-hydrogen) atoms. The van der Waals surface area contributed by atoms with Crippen molar-refractivity contribution >= 4 is 6.09 Å². The van der Waals surface area contributed by atoms with Crippen LogP contribution in [0.25, 0.3) is 0 Å². The Balaban J connectivity index is 1.89. The van der Waals surface area contributed by atoms with Crippen LogP contribution in [0, 0.1) is 5.92 Å². The van der Waals surface area contributed by atoms with Crippen LogP contribution in [0.15, 0.2) is 30.3 Å². The van der Waals surface area contributed by atoms with E-state index in [4.69, 9.17) is 4.74 Å². The van der Waals surface area contributed by atoms with Crippen LogP contribution in [0.2, 0.25) is 0 Å². The molecule has 1 aliphatic rings. The minimum absolute atomic E-state index is 0.173. The molecule has 1 saturated heterocycles. The largest absolute Gasteiger partial charge is 0.444 e. The Morgan fingerprint density at radius 2 is 1.95 bits per heavy atom. The highest BCUT2D eigenvalue weighted by atomic mass is 16.6. The van der Waals surface area contributed by atoms with E-state index in [0.717, 1.165) is 25.8 Å². The van der Waals surface area contributed by atoms with Gasteiger partial charge in [-0.1, -0.05) is 30.3 Å². The number of benzene rings is 1. The van der Waals surface area contributed by atoms with Crippen LogP contribution in [0.1, 0.15) is 46.1 Å². The van der Waals surface area contributed by atoms with Crippen LogP contribution < -0.4 is 0 Å². The van der Waals surface area contributed by atoms with E-state index in [0.29, 0.717) is 5.92 Å².